The fourth-order valence-electron chi connectivity index (χ4n) is 4.13. The number of hydrogen-bond donors (Lipinski definition) is 0. The number of ether oxygens (including phenoxy) is 2. The van der Waals surface area contributed by atoms with Crippen LogP contribution in [-0.4, -0.2) is 31.6 Å². The smallest absolute Gasteiger partial charge is 0.226 e. The third-order valence-corrected chi connectivity index (χ3v) is 5.58. The number of hydrogen-bond acceptors (Lipinski definition) is 3. The number of methoxy groups -OCH3 is 2. The zero-order valence-electron chi connectivity index (χ0n) is 17.3. The maximum Gasteiger partial charge on any atom is 0.226 e. The Kier molecular flexibility index (Phi) is 7.36. The van der Waals surface area contributed by atoms with E-state index in [-0.39, 0.29) is 12.0 Å². The topological polar surface area (TPSA) is 38.8 Å². The van der Waals surface area contributed by atoms with E-state index in [1.807, 2.05) is 0 Å². The number of rotatable bonds is 8. The second-order valence-corrected chi connectivity index (χ2v) is 7.62. The molecule has 4 nitrogen and oxygen atoms in total. The summed E-state index contributed by atoms with van der Waals surface area (Å²) in [5, 5.41) is 0. The van der Waals surface area contributed by atoms with Gasteiger partial charge in [0.05, 0.1) is 20.3 Å². The van der Waals surface area contributed by atoms with Crippen molar-refractivity contribution < 1.29 is 14.3 Å². The van der Waals surface area contributed by atoms with Crippen molar-refractivity contribution >= 4 is 5.91 Å². The second-order valence-electron chi connectivity index (χ2n) is 7.62. The molecule has 1 aliphatic rings. The van der Waals surface area contributed by atoms with Crippen LogP contribution in [0, 0.1) is 11.8 Å². The number of fused-ring (bicyclic) bond motifs is 1. The van der Waals surface area contributed by atoms with Gasteiger partial charge in [-0.25, -0.2) is 0 Å². The van der Waals surface area contributed by atoms with E-state index in [1.165, 1.54) is 11.1 Å². The van der Waals surface area contributed by atoms with Crippen LogP contribution < -0.4 is 9.47 Å². The highest BCUT2D eigenvalue weighted by Crippen LogP contribution is 2.41. The summed E-state index contributed by atoms with van der Waals surface area (Å²) in [6.45, 7) is 9.50. The van der Waals surface area contributed by atoms with Crippen LogP contribution in [0.3, 0.4) is 0 Å². The molecule has 0 saturated carbocycles. The molecule has 0 bridgehead atoms. The zero-order valence-corrected chi connectivity index (χ0v) is 17.3. The summed E-state index contributed by atoms with van der Waals surface area (Å²) >= 11 is 0. The van der Waals surface area contributed by atoms with Crippen molar-refractivity contribution in [1.29, 1.82) is 0 Å². The molecule has 0 aromatic heterocycles. The molecular weight excluding hydrogens is 326 g/mol. The molecular formula is C22H35NO3. The first-order chi connectivity index (χ1) is 12.5. The highest BCUT2D eigenvalue weighted by molar-refractivity contribution is 5.80. The molecule has 146 valence electrons. The summed E-state index contributed by atoms with van der Waals surface area (Å²) in [6.07, 6.45) is 5.03. The Morgan fingerprint density at radius 2 is 1.85 bits per heavy atom. The molecule has 0 radical (unpaired) electrons. The van der Waals surface area contributed by atoms with E-state index in [4.69, 9.17) is 9.47 Å². The van der Waals surface area contributed by atoms with Crippen LogP contribution in [0.2, 0.25) is 0 Å². The molecule has 1 heterocycles. The molecule has 4 heteroatoms. The molecule has 2 rings (SSSR count). The van der Waals surface area contributed by atoms with Crippen molar-refractivity contribution in [2.24, 2.45) is 11.8 Å². The molecule has 1 aliphatic heterocycles. The summed E-state index contributed by atoms with van der Waals surface area (Å²) in [5.74, 6) is 2.31. The molecule has 0 fully saturated rings. The van der Waals surface area contributed by atoms with Gasteiger partial charge in [0.25, 0.3) is 0 Å². The van der Waals surface area contributed by atoms with Gasteiger partial charge < -0.3 is 14.4 Å². The van der Waals surface area contributed by atoms with Gasteiger partial charge in [0.2, 0.25) is 5.91 Å². The molecule has 0 aliphatic carbocycles. The summed E-state index contributed by atoms with van der Waals surface area (Å²) in [7, 11) is 3.33. The van der Waals surface area contributed by atoms with Gasteiger partial charge >= 0.3 is 0 Å². The van der Waals surface area contributed by atoms with Crippen LogP contribution in [0.5, 0.6) is 11.5 Å². The number of nitrogens with zero attached hydrogens (tertiary/aromatic N) is 1. The van der Waals surface area contributed by atoms with Crippen molar-refractivity contribution in [1.82, 2.24) is 4.90 Å². The van der Waals surface area contributed by atoms with E-state index in [0.717, 1.165) is 50.1 Å². The fourth-order valence-corrected chi connectivity index (χ4v) is 4.13. The van der Waals surface area contributed by atoms with E-state index < -0.39 is 0 Å². The minimum absolute atomic E-state index is 0.0988. The number of carbonyl (C=O) groups excluding carboxylic acids is 1. The van der Waals surface area contributed by atoms with Gasteiger partial charge in [0.1, 0.15) is 0 Å². The van der Waals surface area contributed by atoms with Gasteiger partial charge in [0.15, 0.2) is 11.5 Å². The highest BCUT2D eigenvalue weighted by Gasteiger charge is 2.36. The van der Waals surface area contributed by atoms with Crippen LogP contribution in [0.25, 0.3) is 0 Å². The summed E-state index contributed by atoms with van der Waals surface area (Å²) < 4.78 is 11.0. The predicted octanol–water partition coefficient (Wildman–Crippen LogP) is 5.00. The Morgan fingerprint density at radius 1 is 1.19 bits per heavy atom. The largest absolute Gasteiger partial charge is 0.493 e. The third-order valence-electron chi connectivity index (χ3n) is 5.58. The van der Waals surface area contributed by atoms with E-state index in [9.17, 15) is 4.79 Å². The summed E-state index contributed by atoms with van der Waals surface area (Å²) in [6, 6.07) is 4.26. The Labute approximate surface area is 158 Å². The third kappa shape index (κ3) is 4.16. The average Bonchev–Trinajstić information content (AvgIpc) is 2.65. The first-order valence-electron chi connectivity index (χ1n) is 10.0. The van der Waals surface area contributed by atoms with Gasteiger partial charge in [-0.05, 0) is 48.4 Å². The molecule has 2 atom stereocenters. The predicted molar refractivity (Wildman–Crippen MR) is 106 cm³/mol. The number of carbonyl (C=O) groups is 1. The van der Waals surface area contributed by atoms with Crippen molar-refractivity contribution in [2.75, 3.05) is 20.8 Å². The van der Waals surface area contributed by atoms with Gasteiger partial charge in [-0.15, -0.1) is 0 Å². The molecule has 2 unspecified atom stereocenters. The quantitative estimate of drug-likeness (QED) is 0.654. The van der Waals surface area contributed by atoms with E-state index >= 15 is 0 Å². The summed E-state index contributed by atoms with van der Waals surface area (Å²) in [4.78, 5) is 15.4. The molecule has 1 aromatic rings. The molecule has 0 N–H and O–H groups in total. The van der Waals surface area contributed by atoms with Crippen LogP contribution >= 0.6 is 0 Å². The SMILES string of the molecule is CCCCC(CC)C(=O)N1CCc2cc(OC)c(OC)cc2C1C(C)C. The van der Waals surface area contributed by atoms with Gasteiger partial charge in [-0.1, -0.05) is 40.5 Å². The number of unbranched alkanes of at least 4 members (excludes halogenated alkanes) is 1. The molecule has 1 aromatic carbocycles. The Bertz CT molecular complexity index is 612. The standard InChI is InChI=1S/C22H35NO3/c1-7-9-10-16(8-2)22(24)23-12-11-17-13-19(25-5)20(26-6)14-18(17)21(23)15(3)4/h13-16,21H,7-12H2,1-6H3. The number of amides is 1. The Balaban J connectivity index is 2.38. The minimum Gasteiger partial charge on any atom is -0.493 e. The maximum atomic E-state index is 13.3. The Hall–Kier alpha value is -1.71. The first kappa shape index (κ1) is 20.6. The first-order valence-corrected chi connectivity index (χ1v) is 10.0. The molecule has 0 spiro atoms. The van der Waals surface area contributed by atoms with Gasteiger partial charge in [0, 0.05) is 12.5 Å². The van der Waals surface area contributed by atoms with E-state index in [1.54, 1.807) is 14.2 Å². The van der Waals surface area contributed by atoms with Gasteiger partial charge in [-0.2, -0.15) is 0 Å². The monoisotopic (exact) mass is 361 g/mol. The maximum absolute atomic E-state index is 13.3. The van der Waals surface area contributed by atoms with Crippen LogP contribution in [0.15, 0.2) is 12.1 Å². The highest BCUT2D eigenvalue weighted by atomic mass is 16.5. The lowest BCUT2D eigenvalue weighted by Crippen LogP contribution is -2.45. The summed E-state index contributed by atoms with van der Waals surface area (Å²) in [5.41, 5.74) is 2.48. The van der Waals surface area contributed by atoms with Crippen molar-refractivity contribution in [2.45, 2.75) is 65.8 Å². The molecule has 1 amide bonds. The van der Waals surface area contributed by atoms with E-state index in [2.05, 4.69) is 44.7 Å². The lowest BCUT2D eigenvalue weighted by atomic mass is 9.84. The van der Waals surface area contributed by atoms with Crippen LogP contribution in [0.4, 0.5) is 0 Å². The van der Waals surface area contributed by atoms with Crippen molar-refractivity contribution in [3.63, 3.8) is 0 Å². The minimum atomic E-state index is 0.0988. The fraction of sp³-hybridized carbons (Fsp3) is 0.682. The van der Waals surface area contributed by atoms with Gasteiger partial charge in [-0.3, -0.25) is 4.79 Å². The lowest BCUT2D eigenvalue weighted by molar-refractivity contribution is -0.140. The van der Waals surface area contributed by atoms with Crippen molar-refractivity contribution in [3.05, 3.63) is 23.3 Å². The normalized spacial score (nSPS) is 17.8. The van der Waals surface area contributed by atoms with Crippen LogP contribution in [-0.2, 0) is 11.2 Å². The van der Waals surface area contributed by atoms with E-state index in [0.29, 0.717) is 11.8 Å². The Morgan fingerprint density at radius 3 is 2.38 bits per heavy atom. The van der Waals surface area contributed by atoms with Crippen molar-refractivity contribution in [3.8, 4) is 11.5 Å². The molecule has 0 saturated heterocycles. The molecule has 26 heavy (non-hydrogen) atoms. The lowest BCUT2D eigenvalue weighted by Gasteiger charge is -2.41. The average molecular weight is 362 g/mol. The van der Waals surface area contributed by atoms with Crippen LogP contribution in [0.1, 0.15) is 70.5 Å². The zero-order chi connectivity index (χ0) is 19.3. The second kappa shape index (κ2) is 9.29. The number of benzene rings is 1.